The van der Waals surface area contributed by atoms with E-state index in [1.807, 2.05) is 12.3 Å². The highest BCUT2D eigenvalue weighted by Gasteiger charge is 2.14. The third-order valence-electron chi connectivity index (χ3n) is 3.34. The lowest BCUT2D eigenvalue weighted by atomic mass is 9.98. The van der Waals surface area contributed by atoms with E-state index in [0.29, 0.717) is 0 Å². The van der Waals surface area contributed by atoms with E-state index in [9.17, 15) is 0 Å². The number of ether oxygens (including phenoxy) is 1. The van der Waals surface area contributed by atoms with Crippen LogP contribution in [0.2, 0.25) is 0 Å². The van der Waals surface area contributed by atoms with Gasteiger partial charge in [0.25, 0.3) is 0 Å². The summed E-state index contributed by atoms with van der Waals surface area (Å²) < 4.78 is 5.81. The molecule has 18 heavy (non-hydrogen) atoms. The number of rotatable bonds is 2. The quantitative estimate of drug-likeness (QED) is 0.877. The molecule has 0 fully saturated rings. The predicted molar refractivity (Wildman–Crippen MR) is 71.7 cm³/mol. The molecule has 2 heterocycles. The number of nitrogen functional groups attached to an aromatic ring is 1. The van der Waals surface area contributed by atoms with Crippen molar-refractivity contribution in [1.29, 1.82) is 0 Å². The lowest BCUT2D eigenvalue weighted by Gasteiger charge is -2.20. The summed E-state index contributed by atoms with van der Waals surface area (Å²) in [5.74, 6) is 1.05. The number of aryl methyl sites for hydroxylation is 1. The van der Waals surface area contributed by atoms with Crippen LogP contribution in [-0.4, -0.2) is 11.6 Å². The van der Waals surface area contributed by atoms with Crippen molar-refractivity contribution in [3.8, 4) is 5.75 Å². The van der Waals surface area contributed by atoms with Crippen LogP contribution in [0.25, 0.3) is 0 Å². The Kier molecular flexibility index (Phi) is 2.89. The van der Waals surface area contributed by atoms with E-state index in [-0.39, 0.29) is 0 Å². The highest BCUT2D eigenvalue weighted by Crippen LogP contribution is 2.31. The number of hydrogen-bond acceptors (Lipinski definition) is 3. The van der Waals surface area contributed by atoms with Crippen LogP contribution in [-0.2, 0) is 12.8 Å². The lowest BCUT2D eigenvalue weighted by molar-refractivity contribution is 0.285. The number of pyridine rings is 1. The fraction of sp³-hybridized carbons (Fsp3) is 0.267. The molecule has 3 rings (SSSR count). The lowest BCUT2D eigenvalue weighted by Crippen LogP contribution is -2.10. The summed E-state index contributed by atoms with van der Waals surface area (Å²) in [5, 5.41) is 0. The molecule has 0 atom stereocenters. The average molecular weight is 240 g/mol. The van der Waals surface area contributed by atoms with Crippen LogP contribution in [0, 0.1) is 0 Å². The topological polar surface area (TPSA) is 48.1 Å². The molecule has 0 radical (unpaired) electrons. The molecule has 0 saturated carbocycles. The zero-order valence-corrected chi connectivity index (χ0v) is 10.2. The maximum Gasteiger partial charge on any atom is 0.126 e. The fourth-order valence-corrected chi connectivity index (χ4v) is 2.39. The molecule has 2 N–H and O–H groups in total. The van der Waals surface area contributed by atoms with Crippen molar-refractivity contribution < 1.29 is 4.74 Å². The van der Waals surface area contributed by atoms with Crippen molar-refractivity contribution in [2.45, 2.75) is 19.3 Å². The van der Waals surface area contributed by atoms with Gasteiger partial charge in [-0.3, -0.25) is 4.98 Å². The Hall–Kier alpha value is -2.03. The molecule has 3 heteroatoms. The van der Waals surface area contributed by atoms with Crippen LogP contribution in [0.3, 0.4) is 0 Å². The van der Waals surface area contributed by atoms with E-state index in [4.69, 9.17) is 10.5 Å². The van der Waals surface area contributed by atoms with Crippen LogP contribution in [0.15, 0.2) is 36.7 Å². The second-order valence-corrected chi connectivity index (χ2v) is 4.61. The van der Waals surface area contributed by atoms with Gasteiger partial charge in [-0.25, -0.2) is 0 Å². The third-order valence-corrected chi connectivity index (χ3v) is 3.34. The Morgan fingerprint density at radius 2 is 2.17 bits per heavy atom. The highest BCUT2D eigenvalue weighted by atomic mass is 16.5. The van der Waals surface area contributed by atoms with Gasteiger partial charge in [-0.1, -0.05) is 18.2 Å². The molecule has 0 unspecified atom stereocenters. The fourth-order valence-electron chi connectivity index (χ4n) is 2.39. The van der Waals surface area contributed by atoms with E-state index < -0.39 is 0 Å². The summed E-state index contributed by atoms with van der Waals surface area (Å²) in [7, 11) is 0. The Morgan fingerprint density at radius 1 is 1.22 bits per heavy atom. The molecule has 1 aliphatic rings. The molecule has 92 valence electrons. The first kappa shape index (κ1) is 11.1. The summed E-state index contributed by atoms with van der Waals surface area (Å²) in [6, 6.07) is 8.18. The van der Waals surface area contributed by atoms with Gasteiger partial charge < -0.3 is 10.5 Å². The molecule has 0 aliphatic carbocycles. The maximum atomic E-state index is 5.96. The number of fused-ring (bicyclic) bond motifs is 1. The summed E-state index contributed by atoms with van der Waals surface area (Å²) in [4.78, 5) is 4.13. The van der Waals surface area contributed by atoms with Gasteiger partial charge in [0.1, 0.15) is 5.75 Å². The highest BCUT2D eigenvalue weighted by molar-refractivity contribution is 5.51. The molecule has 1 aromatic heterocycles. The summed E-state index contributed by atoms with van der Waals surface area (Å²) in [5.41, 5.74) is 10.3. The zero-order chi connectivity index (χ0) is 12.4. The van der Waals surface area contributed by atoms with Gasteiger partial charge in [-0.2, -0.15) is 0 Å². The van der Waals surface area contributed by atoms with E-state index in [0.717, 1.165) is 42.9 Å². The number of benzene rings is 1. The van der Waals surface area contributed by atoms with Crippen LogP contribution in [0.4, 0.5) is 5.69 Å². The molecular weight excluding hydrogens is 224 g/mol. The van der Waals surface area contributed by atoms with Crippen LogP contribution >= 0.6 is 0 Å². The maximum absolute atomic E-state index is 5.96. The normalized spacial score (nSPS) is 13.8. The third kappa shape index (κ3) is 2.04. The minimum Gasteiger partial charge on any atom is -0.493 e. The summed E-state index contributed by atoms with van der Waals surface area (Å²) in [6.07, 6.45) is 6.54. The van der Waals surface area contributed by atoms with Crippen molar-refractivity contribution in [1.82, 2.24) is 4.98 Å². The minimum atomic E-state index is 0.781. The second-order valence-electron chi connectivity index (χ2n) is 4.61. The van der Waals surface area contributed by atoms with Crippen LogP contribution in [0.5, 0.6) is 5.75 Å². The van der Waals surface area contributed by atoms with Gasteiger partial charge in [0, 0.05) is 24.5 Å². The molecule has 1 aliphatic heterocycles. The monoisotopic (exact) mass is 240 g/mol. The first-order valence-corrected chi connectivity index (χ1v) is 6.26. The van der Waals surface area contributed by atoms with Gasteiger partial charge in [-0.15, -0.1) is 0 Å². The first-order chi connectivity index (χ1) is 8.84. The molecule has 2 aromatic rings. The van der Waals surface area contributed by atoms with Crippen molar-refractivity contribution in [3.05, 3.63) is 53.3 Å². The van der Waals surface area contributed by atoms with Gasteiger partial charge in [0.15, 0.2) is 0 Å². The standard InChI is InChI=1S/C15H16N2O/c16-14-6-7-17-10-13(14)9-12-4-1-3-11-5-2-8-18-15(11)12/h1,3-4,6-7,10H,2,5,8-9H2,(H2,16,17). The number of nitrogens with zero attached hydrogens (tertiary/aromatic N) is 1. The van der Waals surface area contributed by atoms with Crippen molar-refractivity contribution in [3.63, 3.8) is 0 Å². The number of aromatic nitrogens is 1. The van der Waals surface area contributed by atoms with Gasteiger partial charge >= 0.3 is 0 Å². The molecule has 0 spiro atoms. The van der Waals surface area contributed by atoms with Gasteiger partial charge in [0.2, 0.25) is 0 Å². The minimum absolute atomic E-state index is 0.781. The number of anilines is 1. The zero-order valence-electron chi connectivity index (χ0n) is 10.2. The Morgan fingerprint density at radius 3 is 3.06 bits per heavy atom. The molecule has 0 bridgehead atoms. The van der Waals surface area contributed by atoms with E-state index in [1.165, 1.54) is 11.1 Å². The van der Waals surface area contributed by atoms with Gasteiger partial charge in [0.05, 0.1) is 6.61 Å². The molecular formula is C15H16N2O. The largest absolute Gasteiger partial charge is 0.493 e. The number of nitrogens with two attached hydrogens (primary N) is 1. The Balaban J connectivity index is 1.96. The second kappa shape index (κ2) is 4.69. The van der Waals surface area contributed by atoms with Gasteiger partial charge in [-0.05, 0) is 35.6 Å². The van der Waals surface area contributed by atoms with E-state index in [2.05, 4.69) is 23.2 Å². The van der Waals surface area contributed by atoms with E-state index >= 15 is 0 Å². The molecule has 0 amide bonds. The molecule has 0 saturated heterocycles. The number of hydrogen-bond donors (Lipinski definition) is 1. The smallest absolute Gasteiger partial charge is 0.126 e. The van der Waals surface area contributed by atoms with E-state index in [1.54, 1.807) is 6.20 Å². The van der Waals surface area contributed by atoms with Crippen molar-refractivity contribution >= 4 is 5.69 Å². The van der Waals surface area contributed by atoms with Crippen molar-refractivity contribution in [2.75, 3.05) is 12.3 Å². The predicted octanol–water partition coefficient (Wildman–Crippen LogP) is 2.58. The molecule has 1 aromatic carbocycles. The summed E-state index contributed by atoms with van der Waals surface area (Å²) in [6.45, 7) is 0.812. The Bertz CT molecular complexity index is 566. The number of para-hydroxylation sites is 1. The first-order valence-electron chi connectivity index (χ1n) is 6.26. The SMILES string of the molecule is Nc1ccncc1Cc1cccc2c1OCCC2. The van der Waals surface area contributed by atoms with Crippen LogP contribution < -0.4 is 10.5 Å². The van der Waals surface area contributed by atoms with Crippen LogP contribution in [0.1, 0.15) is 23.1 Å². The molecule has 3 nitrogen and oxygen atoms in total. The Labute approximate surface area is 107 Å². The van der Waals surface area contributed by atoms with Crippen molar-refractivity contribution in [2.24, 2.45) is 0 Å². The summed E-state index contributed by atoms with van der Waals surface area (Å²) >= 11 is 0. The average Bonchev–Trinajstić information content (AvgIpc) is 2.42.